The molecule has 22 heavy (non-hydrogen) atoms. The molecule has 2 aromatic rings. The Balaban J connectivity index is 2.08. The zero-order chi connectivity index (χ0) is 15.9. The molecule has 1 N–H and O–H groups in total. The molecule has 0 saturated heterocycles. The van der Waals surface area contributed by atoms with Crippen LogP contribution in [0.15, 0.2) is 48.5 Å². The van der Waals surface area contributed by atoms with Crippen LogP contribution in [0.1, 0.15) is 26.3 Å². The summed E-state index contributed by atoms with van der Waals surface area (Å²) in [5.74, 6) is -0.676. The summed E-state index contributed by atoms with van der Waals surface area (Å²) < 4.78 is 9.68. The molecule has 0 spiro atoms. The van der Waals surface area contributed by atoms with Crippen molar-refractivity contribution in [3.8, 4) is 0 Å². The molecular weight excluding hydrogens is 282 g/mol. The summed E-state index contributed by atoms with van der Waals surface area (Å²) in [6, 6.07) is 13.7. The van der Waals surface area contributed by atoms with Crippen LogP contribution < -0.4 is 5.32 Å². The topological polar surface area (TPSA) is 64.6 Å². The number of anilines is 1. The number of rotatable bonds is 5. The zero-order valence-electron chi connectivity index (χ0n) is 12.5. The summed E-state index contributed by atoms with van der Waals surface area (Å²) in [6.07, 6.45) is 0. The van der Waals surface area contributed by atoms with Crippen LogP contribution in [0.3, 0.4) is 0 Å². The van der Waals surface area contributed by atoms with E-state index in [9.17, 15) is 9.59 Å². The first-order valence-electron chi connectivity index (χ1n) is 6.71. The molecule has 0 radical (unpaired) electrons. The average Bonchev–Trinajstić information content (AvgIpc) is 2.55. The quantitative estimate of drug-likeness (QED) is 0.862. The Kier molecular flexibility index (Phi) is 5.27. The van der Waals surface area contributed by atoms with Gasteiger partial charge in [0, 0.05) is 18.4 Å². The van der Waals surface area contributed by atoms with Gasteiger partial charge < -0.3 is 14.8 Å². The molecule has 0 unspecified atom stereocenters. The second-order valence-electron chi connectivity index (χ2n) is 4.66. The predicted octanol–water partition coefficient (Wildman–Crippen LogP) is 2.87. The Labute approximate surface area is 128 Å². The first kappa shape index (κ1) is 15.7. The van der Waals surface area contributed by atoms with Crippen molar-refractivity contribution < 1.29 is 19.1 Å². The lowest BCUT2D eigenvalue weighted by molar-refractivity contribution is 0.0600. The minimum absolute atomic E-state index is 0.244. The lowest BCUT2D eigenvalue weighted by Gasteiger charge is -2.07. The van der Waals surface area contributed by atoms with Crippen LogP contribution in [0.2, 0.25) is 0 Å². The summed E-state index contributed by atoms with van der Waals surface area (Å²) in [5, 5.41) is 2.81. The third-order valence-corrected chi connectivity index (χ3v) is 3.06. The van der Waals surface area contributed by atoms with E-state index >= 15 is 0 Å². The molecule has 0 aliphatic carbocycles. The Morgan fingerprint density at radius 3 is 2.32 bits per heavy atom. The fourth-order valence-electron chi connectivity index (χ4n) is 1.98. The number of methoxy groups -OCH3 is 2. The molecule has 1 amide bonds. The maximum Gasteiger partial charge on any atom is 0.337 e. The molecule has 5 heteroatoms. The van der Waals surface area contributed by atoms with Gasteiger partial charge in [-0.2, -0.15) is 0 Å². The summed E-state index contributed by atoms with van der Waals surface area (Å²) in [4.78, 5) is 23.5. The Bertz CT molecular complexity index is 665. The van der Waals surface area contributed by atoms with Gasteiger partial charge in [-0.05, 0) is 42.0 Å². The van der Waals surface area contributed by atoms with E-state index in [1.54, 1.807) is 37.4 Å². The smallest absolute Gasteiger partial charge is 0.337 e. The van der Waals surface area contributed by atoms with Crippen molar-refractivity contribution in [2.75, 3.05) is 19.5 Å². The third kappa shape index (κ3) is 3.93. The molecular formula is C17H17NO4. The highest BCUT2D eigenvalue weighted by Gasteiger charge is 2.09. The minimum Gasteiger partial charge on any atom is -0.465 e. The van der Waals surface area contributed by atoms with Gasteiger partial charge >= 0.3 is 5.97 Å². The van der Waals surface area contributed by atoms with E-state index in [1.807, 2.05) is 18.2 Å². The Morgan fingerprint density at radius 1 is 1.00 bits per heavy atom. The maximum atomic E-state index is 12.2. The molecule has 114 valence electrons. The van der Waals surface area contributed by atoms with Gasteiger partial charge in [0.25, 0.3) is 5.91 Å². The number of nitrogens with one attached hydrogen (secondary N) is 1. The molecule has 0 fully saturated rings. The standard InChI is InChI=1S/C17H17NO4/c1-21-11-12-4-3-5-15(10-12)18-16(19)13-6-8-14(9-7-13)17(20)22-2/h3-10H,11H2,1-2H3,(H,18,19). The van der Waals surface area contributed by atoms with Crippen LogP contribution in [0.25, 0.3) is 0 Å². The molecule has 0 bridgehead atoms. The lowest BCUT2D eigenvalue weighted by Crippen LogP contribution is -2.12. The van der Waals surface area contributed by atoms with Gasteiger partial charge in [0.15, 0.2) is 0 Å². The minimum atomic E-state index is -0.431. The fraction of sp³-hybridized carbons (Fsp3) is 0.176. The highest BCUT2D eigenvalue weighted by molar-refractivity contribution is 6.04. The van der Waals surface area contributed by atoms with Crippen molar-refractivity contribution >= 4 is 17.6 Å². The largest absolute Gasteiger partial charge is 0.465 e. The average molecular weight is 299 g/mol. The molecule has 0 saturated carbocycles. The number of benzene rings is 2. The Morgan fingerprint density at radius 2 is 1.68 bits per heavy atom. The molecule has 2 rings (SSSR count). The predicted molar refractivity (Wildman–Crippen MR) is 82.9 cm³/mol. The Hall–Kier alpha value is -2.66. The highest BCUT2D eigenvalue weighted by atomic mass is 16.5. The summed E-state index contributed by atoms with van der Waals surface area (Å²) in [7, 11) is 2.93. The normalized spacial score (nSPS) is 10.1. The highest BCUT2D eigenvalue weighted by Crippen LogP contribution is 2.13. The van der Waals surface area contributed by atoms with Gasteiger partial charge in [0.1, 0.15) is 0 Å². The van der Waals surface area contributed by atoms with E-state index in [0.717, 1.165) is 5.56 Å². The number of hydrogen-bond donors (Lipinski definition) is 1. The number of amides is 1. The van der Waals surface area contributed by atoms with Crippen LogP contribution in [0, 0.1) is 0 Å². The number of esters is 1. The van der Waals surface area contributed by atoms with E-state index in [-0.39, 0.29) is 5.91 Å². The summed E-state index contributed by atoms with van der Waals surface area (Å²) >= 11 is 0. The summed E-state index contributed by atoms with van der Waals surface area (Å²) in [5.41, 5.74) is 2.53. The zero-order valence-corrected chi connectivity index (χ0v) is 12.5. The van der Waals surface area contributed by atoms with Gasteiger partial charge in [-0.25, -0.2) is 4.79 Å². The second kappa shape index (κ2) is 7.38. The number of hydrogen-bond acceptors (Lipinski definition) is 4. The molecule has 0 heterocycles. The van der Waals surface area contributed by atoms with E-state index in [4.69, 9.17) is 4.74 Å². The lowest BCUT2D eigenvalue weighted by atomic mass is 10.1. The van der Waals surface area contributed by atoms with Gasteiger partial charge in [-0.1, -0.05) is 12.1 Å². The van der Waals surface area contributed by atoms with E-state index in [2.05, 4.69) is 10.1 Å². The molecule has 0 atom stereocenters. The molecule has 0 aliphatic rings. The van der Waals surface area contributed by atoms with Crippen molar-refractivity contribution in [2.24, 2.45) is 0 Å². The summed E-state index contributed by atoms with van der Waals surface area (Å²) in [6.45, 7) is 0.484. The molecule has 2 aromatic carbocycles. The second-order valence-corrected chi connectivity index (χ2v) is 4.66. The van der Waals surface area contributed by atoms with Gasteiger partial charge in [-0.3, -0.25) is 4.79 Å². The van der Waals surface area contributed by atoms with Crippen LogP contribution >= 0.6 is 0 Å². The van der Waals surface area contributed by atoms with Gasteiger partial charge in [0.2, 0.25) is 0 Å². The fourth-order valence-corrected chi connectivity index (χ4v) is 1.98. The third-order valence-electron chi connectivity index (χ3n) is 3.06. The van der Waals surface area contributed by atoms with Crippen LogP contribution in [-0.4, -0.2) is 26.1 Å². The molecule has 5 nitrogen and oxygen atoms in total. The molecule has 0 aliphatic heterocycles. The molecule has 0 aromatic heterocycles. The number of ether oxygens (including phenoxy) is 2. The maximum absolute atomic E-state index is 12.2. The first-order valence-corrected chi connectivity index (χ1v) is 6.71. The van der Waals surface area contributed by atoms with E-state index in [1.165, 1.54) is 7.11 Å². The van der Waals surface area contributed by atoms with E-state index in [0.29, 0.717) is 23.4 Å². The van der Waals surface area contributed by atoms with Crippen LogP contribution in [0.4, 0.5) is 5.69 Å². The van der Waals surface area contributed by atoms with Crippen molar-refractivity contribution in [1.29, 1.82) is 0 Å². The number of carbonyl (C=O) groups excluding carboxylic acids is 2. The van der Waals surface area contributed by atoms with Crippen molar-refractivity contribution in [3.05, 3.63) is 65.2 Å². The monoisotopic (exact) mass is 299 g/mol. The van der Waals surface area contributed by atoms with E-state index < -0.39 is 5.97 Å². The van der Waals surface area contributed by atoms with Crippen molar-refractivity contribution in [3.63, 3.8) is 0 Å². The van der Waals surface area contributed by atoms with Gasteiger partial charge in [-0.15, -0.1) is 0 Å². The van der Waals surface area contributed by atoms with Crippen molar-refractivity contribution in [1.82, 2.24) is 0 Å². The number of carbonyl (C=O) groups is 2. The van der Waals surface area contributed by atoms with Gasteiger partial charge in [0.05, 0.1) is 19.3 Å². The first-order chi connectivity index (χ1) is 10.6. The van der Waals surface area contributed by atoms with Crippen molar-refractivity contribution in [2.45, 2.75) is 6.61 Å². The van der Waals surface area contributed by atoms with Crippen LogP contribution in [-0.2, 0) is 16.1 Å². The SMILES string of the molecule is COCc1cccc(NC(=O)c2ccc(C(=O)OC)cc2)c1. The van der Waals surface area contributed by atoms with Crippen LogP contribution in [0.5, 0.6) is 0 Å².